The largest absolute Gasteiger partial charge is 0.418 e. The molecule has 1 aromatic carbocycles. The zero-order chi connectivity index (χ0) is 14.8. The van der Waals surface area contributed by atoms with Crippen LogP contribution in [0.15, 0.2) is 18.2 Å². The number of methoxy groups -OCH3 is 1. The Morgan fingerprint density at radius 3 is 2.80 bits per heavy atom. The van der Waals surface area contributed by atoms with E-state index in [9.17, 15) is 13.2 Å². The molecule has 1 fully saturated rings. The lowest BCUT2D eigenvalue weighted by molar-refractivity contribution is -0.136. The Kier molecular flexibility index (Phi) is 4.42. The molecule has 1 atom stereocenters. The van der Waals surface area contributed by atoms with E-state index in [1.165, 1.54) is 6.07 Å². The smallest absolute Gasteiger partial charge is 0.398 e. The predicted molar refractivity (Wildman–Crippen MR) is 72.7 cm³/mol. The minimum atomic E-state index is -4.41. The first kappa shape index (κ1) is 15.0. The number of rotatable bonds is 3. The van der Waals surface area contributed by atoms with Gasteiger partial charge < -0.3 is 15.4 Å². The van der Waals surface area contributed by atoms with Crippen LogP contribution in [-0.4, -0.2) is 26.8 Å². The summed E-state index contributed by atoms with van der Waals surface area (Å²) < 4.78 is 43.8. The third kappa shape index (κ3) is 3.36. The van der Waals surface area contributed by atoms with Gasteiger partial charge in [-0.1, -0.05) is 0 Å². The first-order valence-corrected chi connectivity index (χ1v) is 6.62. The van der Waals surface area contributed by atoms with Crippen LogP contribution in [0.25, 0.3) is 0 Å². The van der Waals surface area contributed by atoms with Gasteiger partial charge in [0.05, 0.1) is 12.2 Å². The highest BCUT2D eigenvalue weighted by Gasteiger charge is 2.33. The fraction of sp³-hybridized carbons (Fsp3) is 0.571. The molecule has 1 saturated heterocycles. The zero-order valence-electron chi connectivity index (χ0n) is 11.4. The van der Waals surface area contributed by atoms with E-state index >= 15 is 0 Å². The molecule has 1 aromatic rings. The van der Waals surface area contributed by atoms with E-state index in [1.807, 2.05) is 4.90 Å². The lowest BCUT2D eigenvalue weighted by atomic mass is 9.98. The molecular formula is C14H19F3N2O. The van der Waals surface area contributed by atoms with Crippen molar-refractivity contribution >= 4 is 11.4 Å². The van der Waals surface area contributed by atoms with Crippen molar-refractivity contribution in [2.45, 2.75) is 19.0 Å². The second-order valence-corrected chi connectivity index (χ2v) is 5.18. The molecule has 2 N–H and O–H groups in total. The summed E-state index contributed by atoms with van der Waals surface area (Å²) in [6.45, 7) is 2.12. The van der Waals surface area contributed by atoms with E-state index < -0.39 is 11.7 Å². The van der Waals surface area contributed by atoms with Gasteiger partial charge in [0.25, 0.3) is 0 Å². The Morgan fingerprint density at radius 2 is 2.15 bits per heavy atom. The summed E-state index contributed by atoms with van der Waals surface area (Å²) in [5.41, 5.74) is 5.01. The van der Waals surface area contributed by atoms with Gasteiger partial charge in [-0.3, -0.25) is 0 Å². The van der Waals surface area contributed by atoms with Gasteiger partial charge in [0.15, 0.2) is 0 Å². The van der Waals surface area contributed by atoms with Crippen LogP contribution in [0.2, 0.25) is 0 Å². The summed E-state index contributed by atoms with van der Waals surface area (Å²) in [5, 5.41) is 0. The molecule has 1 aliphatic rings. The summed E-state index contributed by atoms with van der Waals surface area (Å²) in [7, 11) is 1.64. The van der Waals surface area contributed by atoms with E-state index in [0.717, 1.165) is 32.0 Å². The quantitative estimate of drug-likeness (QED) is 0.868. The number of hydrogen-bond acceptors (Lipinski definition) is 3. The first-order valence-electron chi connectivity index (χ1n) is 6.62. The molecule has 2 rings (SSSR count). The number of alkyl halides is 3. The Labute approximate surface area is 116 Å². The summed E-state index contributed by atoms with van der Waals surface area (Å²) in [6, 6.07) is 4.13. The third-order valence-electron chi connectivity index (χ3n) is 3.63. The van der Waals surface area contributed by atoms with Crippen LogP contribution in [0.1, 0.15) is 18.4 Å². The fourth-order valence-corrected chi connectivity index (χ4v) is 2.66. The van der Waals surface area contributed by atoms with E-state index in [-0.39, 0.29) is 5.69 Å². The molecular weight excluding hydrogens is 269 g/mol. The molecule has 0 aliphatic carbocycles. The Balaban J connectivity index is 2.20. The molecule has 3 nitrogen and oxygen atoms in total. The molecule has 0 saturated carbocycles. The van der Waals surface area contributed by atoms with Crippen LogP contribution >= 0.6 is 0 Å². The molecule has 20 heavy (non-hydrogen) atoms. The lowest BCUT2D eigenvalue weighted by Crippen LogP contribution is -2.37. The van der Waals surface area contributed by atoms with Crippen LogP contribution in [0.4, 0.5) is 24.5 Å². The normalized spacial score (nSPS) is 20.2. The summed E-state index contributed by atoms with van der Waals surface area (Å²) >= 11 is 0. The summed E-state index contributed by atoms with van der Waals surface area (Å²) in [6.07, 6.45) is -2.41. The second-order valence-electron chi connectivity index (χ2n) is 5.18. The number of nitrogen functional groups attached to an aromatic ring is 1. The maximum atomic E-state index is 12.9. The standard InChI is InChI=1S/C14H19F3N2O/c1-20-9-10-3-2-6-19(8-10)11-4-5-13(18)12(7-11)14(15,16)17/h4-5,7,10H,2-3,6,8-9,18H2,1H3. The van der Waals surface area contributed by atoms with E-state index in [1.54, 1.807) is 13.2 Å². The van der Waals surface area contributed by atoms with Gasteiger partial charge in [-0.05, 0) is 37.0 Å². The lowest BCUT2D eigenvalue weighted by Gasteiger charge is -2.34. The van der Waals surface area contributed by atoms with Gasteiger partial charge in [-0.15, -0.1) is 0 Å². The number of nitrogens with zero attached hydrogens (tertiary/aromatic N) is 1. The average Bonchev–Trinajstić information content (AvgIpc) is 2.38. The van der Waals surface area contributed by atoms with Crippen LogP contribution in [0.3, 0.4) is 0 Å². The topological polar surface area (TPSA) is 38.5 Å². The Hall–Kier alpha value is -1.43. The highest BCUT2D eigenvalue weighted by molar-refractivity contribution is 5.59. The molecule has 1 unspecified atom stereocenters. The van der Waals surface area contributed by atoms with Gasteiger partial charge >= 0.3 is 6.18 Å². The maximum Gasteiger partial charge on any atom is 0.418 e. The van der Waals surface area contributed by atoms with Crippen molar-refractivity contribution < 1.29 is 17.9 Å². The number of hydrogen-bond donors (Lipinski definition) is 1. The van der Waals surface area contributed by atoms with Crippen molar-refractivity contribution in [2.24, 2.45) is 5.92 Å². The van der Waals surface area contributed by atoms with Crippen LogP contribution in [-0.2, 0) is 10.9 Å². The van der Waals surface area contributed by atoms with E-state index in [4.69, 9.17) is 10.5 Å². The zero-order valence-corrected chi connectivity index (χ0v) is 11.4. The molecule has 1 aliphatic heterocycles. The van der Waals surface area contributed by atoms with Crippen molar-refractivity contribution in [3.8, 4) is 0 Å². The number of ether oxygens (including phenoxy) is 1. The van der Waals surface area contributed by atoms with Crippen molar-refractivity contribution in [1.29, 1.82) is 0 Å². The first-order chi connectivity index (χ1) is 9.41. The molecule has 6 heteroatoms. The number of anilines is 2. The fourth-order valence-electron chi connectivity index (χ4n) is 2.66. The monoisotopic (exact) mass is 288 g/mol. The molecule has 0 bridgehead atoms. The third-order valence-corrected chi connectivity index (χ3v) is 3.63. The highest BCUT2D eigenvalue weighted by Crippen LogP contribution is 2.36. The average molecular weight is 288 g/mol. The van der Waals surface area contributed by atoms with E-state index in [0.29, 0.717) is 18.2 Å². The highest BCUT2D eigenvalue weighted by atomic mass is 19.4. The van der Waals surface area contributed by atoms with Gasteiger partial charge in [0.1, 0.15) is 0 Å². The van der Waals surface area contributed by atoms with Gasteiger partial charge in [0.2, 0.25) is 0 Å². The summed E-state index contributed by atoms with van der Waals surface area (Å²) in [4.78, 5) is 1.97. The van der Waals surface area contributed by atoms with Crippen LogP contribution in [0, 0.1) is 5.92 Å². The molecule has 0 radical (unpaired) electrons. The van der Waals surface area contributed by atoms with Crippen LogP contribution < -0.4 is 10.6 Å². The Bertz CT molecular complexity index is 460. The summed E-state index contributed by atoms with van der Waals surface area (Å²) in [5.74, 6) is 0.362. The Morgan fingerprint density at radius 1 is 1.40 bits per heavy atom. The van der Waals surface area contributed by atoms with Gasteiger partial charge in [-0.2, -0.15) is 13.2 Å². The minimum absolute atomic E-state index is 0.230. The SMILES string of the molecule is COCC1CCCN(c2ccc(N)c(C(F)(F)F)c2)C1. The predicted octanol–water partition coefficient (Wildman–Crippen LogP) is 3.15. The van der Waals surface area contributed by atoms with Crippen LogP contribution in [0.5, 0.6) is 0 Å². The van der Waals surface area contributed by atoms with Crippen molar-refractivity contribution in [3.63, 3.8) is 0 Å². The molecule has 112 valence electrons. The maximum absolute atomic E-state index is 12.9. The van der Waals surface area contributed by atoms with E-state index in [2.05, 4.69) is 0 Å². The van der Waals surface area contributed by atoms with Crippen molar-refractivity contribution in [1.82, 2.24) is 0 Å². The number of benzene rings is 1. The minimum Gasteiger partial charge on any atom is -0.398 e. The van der Waals surface area contributed by atoms with Crippen molar-refractivity contribution in [3.05, 3.63) is 23.8 Å². The number of nitrogens with two attached hydrogens (primary N) is 1. The molecule has 1 heterocycles. The van der Waals surface area contributed by atoms with Gasteiger partial charge in [-0.25, -0.2) is 0 Å². The molecule has 0 spiro atoms. The van der Waals surface area contributed by atoms with Crippen molar-refractivity contribution in [2.75, 3.05) is 37.4 Å². The van der Waals surface area contributed by atoms with Gasteiger partial charge in [0, 0.05) is 31.6 Å². The number of halogens is 3. The molecule has 0 amide bonds. The number of piperidine rings is 1. The molecule has 0 aromatic heterocycles. The second kappa shape index (κ2) is 5.91.